The molecule has 3 aromatic rings. The Labute approximate surface area is 219 Å². The van der Waals surface area contributed by atoms with Crippen LogP contribution in [0.4, 0.5) is 0 Å². The lowest BCUT2D eigenvalue weighted by atomic mass is 9.95. The molecule has 0 saturated carbocycles. The number of carbonyl (C=O) groups excluding carboxylic acids is 2. The van der Waals surface area contributed by atoms with Crippen molar-refractivity contribution in [1.29, 1.82) is 0 Å². The molecule has 186 valence electrons. The van der Waals surface area contributed by atoms with Gasteiger partial charge in [-0.05, 0) is 55.3 Å². The van der Waals surface area contributed by atoms with Crippen molar-refractivity contribution < 1.29 is 23.8 Å². The van der Waals surface area contributed by atoms with Crippen molar-refractivity contribution in [2.45, 2.75) is 26.8 Å². The van der Waals surface area contributed by atoms with Crippen LogP contribution < -0.4 is 24.4 Å². The molecule has 0 unspecified atom stereocenters. The van der Waals surface area contributed by atoms with E-state index in [4.69, 9.17) is 14.2 Å². The molecule has 0 bridgehead atoms. The molecule has 0 radical (unpaired) electrons. The average molecular weight is 571 g/mol. The summed E-state index contributed by atoms with van der Waals surface area (Å²) in [6, 6.07) is 11.7. The Kier molecular flexibility index (Phi) is 7.56. The van der Waals surface area contributed by atoms with Crippen LogP contribution in [0.1, 0.15) is 37.9 Å². The van der Waals surface area contributed by atoms with E-state index in [-0.39, 0.29) is 29.2 Å². The summed E-state index contributed by atoms with van der Waals surface area (Å²) in [5.41, 5.74) is 1.84. The maximum absolute atomic E-state index is 13.7. The first kappa shape index (κ1) is 25.6. The lowest BCUT2D eigenvalue weighted by molar-refractivity contribution is -0.139. The van der Waals surface area contributed by atoms with Gasteiger partial charge in [0.25, 0.3) is 5.56 Å². The minimum Gasteiger partial charge on any atom is -0.493 e. The number of rotatable bonds is 6. The summed E-state index contributed by atoms with van der Waals surface area (Å²) in [6.07, 6.45) is 1.79. The number of halogens is 1. The molecule has 0 saturated heterocycles. The smallest absolute Gasteiger partial charge is 0.338 e. The normalized spacial score (nSPS) is 15.2. The zero-order chi connectivity index (χ0) is 26.0. The minimum atomic E-state index is -0.815. The van der Waals surface area contributed by atoms with E-state index in [1.165, 1.54) is 29.9 Å². The van der Waals surface area contributed by atoms with Crippen molar-refractivity contribution in [1.82, 2.24) is 4.57 Å². The second kappa shape index (κ2) is 10.6. The van der Waals surface area contributed by atoms with E-state index in [1.54, 1.807) is 38.1 Å². The van der Waals surface area contributed by atoms with Crippen LogP contribution in [-0.4, -0.2) is 30.2 Å². The first-order chi connectivity index (χ1) is 17.2. The Morgan fingerprint density at radius 2 is 1.97 bits per heavy atom. The Morgan fingerprint density at radius 3 is 2.64 bits per heavy atom. The summed E-state index contributed by atoms with van der Waals surface area (Å²) >= 11 is 4.69. The number of esters is 2. The molecular formula is C26H23BrN2O6S. The van der Waals surface area contributed by atoms with Gasteiger partial charge >= 0.3 is 11.9 Å². The van der Waals surface area contributed by atoms with Crippen molar-refractivity contribution in [3.05, 3.63) is 89.0 Å². The third-order valence-corrected chi connectivity index (χ3v) is 6.90. The second-order valence-electron chi connectivity index (χ2n) is 7.86. The van der Waals surface area contributed by atoms with Crippen molar-refractivity contribution in [2.75, 3.05) is 13.7 Å². The van der Waals surface area contributed by atoms with Crippen molar-refractivity contribution in [3.63, 3.8) is 0 Å². The van der Waals surface area contributed by atoms with E-state index < -0.39 is 18.0 Å². The first-order valence-electron chi connectivity index (χ1n) is 11.0. The summed E-state index contributed by atoms with van der Waals surface area (Å²) in [5, 5.41) is 0. The maximum Gasteiger partial charge on any atom is 0.338 e. The van der Waals surface area contributed by atoms with Crippen LogP contribution in [0, 0.1) is 0 Å². The lowest BCUT2D eigenvalue weighted by Gasteiger charge is -2.25. The molecule has 2 aromatic carbocycles. The van der Waals surface area contributed by atoms with Crippen LogP contribution in [0.3, 0.4) is 0 Å². The number of thiazole rings is 1. The quantitative estimate of drug-likeness (QED) is 0.332. The average Bonchev–Trinajstić information content (AvgIpc) is 3.12. The predicted octanol–water partition coefficient (Wildman–Crippen LogP) is 3.49. The van der Waals surface area contributed by atoms with E-state index in [0.29, 0.717) is 20.6 Å². The van der Waals surface area contributed by atoms with E-state index in [0.717, 1.165) is 10.0 Å². The fourth-order valence-corrected chi connectivity index (χ4v) is 5.41. The molecule has 36 heavy (non-hydrogen) atoms. The number of nitrogens with zero attached hydrogens (tertiary/aromatic N) is 2. The Hall–Kier alpha value is -3.50. The number of ether oxygens (including phenoxy) is 3. The SMILES string of the molecule is CCOC(=O)C1=C(C)N=c2s/c(=C/c3cccc(Br)c3)c(=O)n2[C@@H]1c1ccc(OC(C)=O)c(OC)c1. The number of methoxy groups -OCH3 is 1. The molecule has 0 aliphatic carbocycles. The fraction of sp³-hybridized carbons (Fsp3) is 0.231. The molecule has 1 atom stereocenters. The standard InChI is InChI=1S/C26H23BrN2O6S/c1-5-34-25(32)22-14(2)28-26-29(24(31)21(36-26)12-16-7-6-8-18(27)11-16)23(22)17-9-10-19(35-15(3)30)20(13-17)33-4/h6-13,23H,5H2,1-4H3/b21-12+/t23-/m1/s1. The summed E-state index contributed by atoms with van der Waals surface area (Å²) in [5.74, 6) is -0.538. The number of allylic oxidation sites excluding steroid dienone is 1. The van der Waals surface area contributed by atoms with E-state index in [2.05, 4.69) is 20.9 Å². The molecule has 4 rings (SSSR count). The molecule has 2 heterocycles. The molecule has 0 spiro atoms. The highest BCUT2D eigenvalue weighted by Crippen LogP contribution is 2.36. The highest BCUT2D eigenvalue weighted by molar-refractivity contribution is 9.10. The number of benzene rings is 2. The number of aromatic nitrogens is 1. The number of hydrogen-bond donors (Lipinski definition) is 0. The van der Waals surface area contributed by atoms with Gasteiger partial charge in [-0.15, -0.1) is 0 Å². The highest BCUT2D eigenvalue weighted by atomic mass is 79.9. The molecule has 10 heteroatoms. The first-order valence-corrected chi connectivity index (χ1v) is 12.7. The second-order valence-corrected chi connectivity index (χ2v) is 9.79. The summed E-state index contributed by atoms with van der Waals surface area (Å²) < 4.78 is 18.8. The van der Waals surface area contributed by atoms with Gasteiger partial charge in [0.15, 0.2) is 16.3 Å². The summed E-state index contributed by atoms with van der Waals surface area (Å²) in [4.78, 5) is 43.3. The van der Waals surface area contributed by atoms with E-state index in [9.17, 15) is 14.4 Å². The maximum atomic E-state index is 13.7. The number of fused-ring (bicyclic) bond motifs is 1. The van der Waals surface area contributed by atoms with Crippen LogP contribution in [0.15, 0.2) is 68.0 Å². The molecule has 0 amide bonds. The number of carbonyl (C=O) groups is 2. The monoisotopic (exact) mass is 570 g/mol. The van der Waals surface area contributed by atoms with Crippen LogP contribution in [-0.2, 0) is 14.3 Å². The summed E-state index contributed by atoms with van der Waals surface area (Å²) in [7, 11) is 1.45. The molecule has 0 fully saturated rings. The molecule has 1 aromatic heterocycles. The van der Waals surface area contributed by atoms with Gasteiger partial charge in [0.1, 0.15) is 0 Å². The van der Waals surface area contributed by atoms with Crippen molar-refractivity contribution >= 4 is 45.3 Å². The lowest BCUT2D eigenvalue weighted by Crippen LogP contribution is -2.40. The van der Waals surface area contributed by atoms with Gasteiger partial charge in [0, 0.05) is 11.4 Å². The van der Waals surface area contributed by atoms with E-state index >= 15 is 0 Å². The van der Waals surface area contributed by atoms with Gasteiger partial charge < -0.3 is 14.2 Å². The van der Waals surface area contributed by atoms with Crippen LogP contribution >= 0.6 is 27.3 Å². The van der Waals surface area contributed by atoms with Gasteiger partial charge in [-0.25, -0.2) is 9.79 Å². The van der Waals surface area contributed by atoms with Crippen LogP contribution in [0.5, 0.6) is 11.5 Å². The topological polar surface area (TPSA) is 96.2 Å². The van der Waals surface area contributed by atoms with E-state index in [1.807, 2.05) is 24.3 Å². The Morgan fingerprint density at radius 1 is 1.19 bits per heavy atom. The van der Waals surface area contributed by atoms with Crippen molar-refractivity contribution in [3.8, 4) is 11.5 Å². The third kappa shape index (κ3) is 5.05. The molecular weight excluding hydrogens is 548 g/mol. The van der Waals surface area contributed by atoms with Crippen LogP contribution in [0.25, 0.3) is 6.08 Å². The summed E-state index contributed by atoms with van der Waals surface area (Å²) in [6.45, 7) is 4.90. The molecule has 0 N–H and O–H groups in total. The van der Waals surface area contributed by atoms with Gasteiger partial charge in [0.2, 0.25) is 0 Å². The minimum absolute atomic E-state index is 0.171. The largest absolute Gasteiger partial charge is 0.493 e. The predicted molar refractivity (Wildman–Crippen MR) is 139 cm³/mol. The van der Waals surface area contributed by atoms with Crippen LogP contribution in [0.2, 0.25) is 0 Å². The molecule has 1 aliphatic heterocycles. The van der Waals surface area contributed by atoms with Crippen molar-refractivity contribution in [2.24, 2.45) is 4.99 Å². The van der Waals surface area contributed by atoms with Gasteiger partial charge in [-0.1, -0.05) is 45.5 Å². The number of hydrogen-bond acceptors (Lipinski definition) is 8. The van der Waals surface area contributed by atoms with Gasteiger partial charge in [-0.2, -0.15) is 0 Å². The molecule has 8 nitrogen and oxygen atoms in total. The zero-order valence-corrected chi connectivity index (χ0v) is 22.4. The fourth-order valence-electron chi connectivity index (χ4n) is 3.95. The molecule has 1 aliphatic rings. The Bertz CT molecular complexity index is 1570. The highest BCUT2D eigenvalue weighted by Gasteiger charge is 2.34. The third-order valence-electron chi connectivity index (χ3n) is 5.42. The Balaban J connectivity index is 1.95. The van der Waals surface area contributed by atoms with Gasteiger partial charge in [0.05, 0.1) is 35.6 Å². The van der Waals surface area contributed by atoms with Gasteiger partial charge in [-0.3, -0.25) is 14.2 Å². The zero-order valence-electron chi connectivity index (χ0n) is 20.0.